The first-order valence-corrected chi connectivity index (χ1v) is 19.3. The van der Waals surface area contributed by atoms with Crippen molar-refractivity contribution in [2.45, 2.75) is 194 Å². The molecule has 0 aliphatic heterocycles. The third kappa shape index (κ3) is 47.5. The molecule has 0 aromatic heterocycles. The second kappa shape index (κ2) is 46.0. The molecule has 0 fully saturated rings. The van der Waals surface area contributed by atoms with E-state index in [1.54, 1.807) is 0 Å². The van der Waals surface area contributed by atoms with E-state index in [1.807, 2.05) is 0 Å². The molecule has 0 aliphatic carbocycles. The van der Waals surface area contributed by atoms with E-state index in [2.05, 4.69) is 74.6 Å². The van der Waals surface area contributed by atoms with Crippen LogP contribution in [0.25, 0.3) is 0 Å². The van der Waals surface area contributed by atoms with Gasteiger partial charge in [-0.15, -0.1) is 0 Å². The summed E-state index contributed by atoms with van der Waals surface area (Å²) in [6.45, 7) is 5.21. The van der Waals surface area contributed by atoms with E-state index < -0.39 is 0 Å². The molecule has 0 unspecified atom stereocenters. The molecule has 0 amide bonds. The predicted molar refractivity (Wildman–Crippen MR) is 200 cm³/mol. The van der Waals surface area contributed by atoms with E-state index in [9.17, 15) is 0 Å². The summed E-state index contributed by atoms with van der Waals surface area (Å²) in [5.41, 5.74) is 0. The van der Waals surface area contributed by atoms with Crippen LogP contribution >= 0.6 is 0 Å². The molecule has 0 radical (unpaired) electrons. The van der Waals surface area contributed by atoms with Crippen molar-refractivity contribution in [1.82, 2.24) is 0 Å². The van der Waals surface area contributed by atoms with E-state index in [-0.39, 0.29) is 0 Å². The van der Waals surface area contributed by atoms with E-state index in [0.29, 0.717) is 13.2 Å². The van der Waals surface area contributed by atoms with E-state index in [0.717, 1.165) is 44.9 Å². The Kier molecular flexibility index (Phi) is 46.8. The zero-order valence-corrected chi connectivity index (χ0v) is 29.9. The first kappa shape index (κ1) is 44.7. The van der Waals surface area contributed by atoms with Gasteiger partial charge in [0.05, 0.1) is 0 Å². The molecular weight excluding hydrogens is 536 g/mol. The number of unbranched alkanes of at least 4 members (excludes halogenated alkanes) is 21. The fraction of sp³-hybridized carbons (Fsp3) is 0.762. The first-order valence-electron chi connectivity index (χ1n) is 19.3. The lowest BCUT2D eigenvalue weighted by molar-refractivity contribution is 0.282. The molecule has 2 heteroatoms. The van der Waals surface area contributed by atoms with Crippen molar-refractivity contribution >= 4 is 0 Å². The fourth-order valence-corrected chi connectivity index (χ4v) is 5.00. The van der Waals surface area contributed by atoms with Gasteiger partial charge in [-0.2, -0.15) is 0 Å². The molecule has 0 rings (SSSR count). The minimum Gasteiger partial charge on any atom is -0.396 e. The Morgan fingerprint density at radius 2 is 0.500 bits per heavy atom. The van der Waals surface area contributed by atoms with Crippen LogP contribution in [0.15, 0.2) is 60.8 Å². The molecule has 0 aliphatic rings. The highest BCUT2D eigenvalue weighted by atomic mass is 16.3. The number of aliphatic hydroxyl groups is 2. The number of aliphatic hydroxyl groups excluding tert-OH is 2. The molecule has 0 spiro atoms. The maximum absolute atomic E-state index is 8.71. The molecule has 2 nitrogen and oxygen atoms in total. The van der Waals surface area contributed by atoms with Gasteiger partial charge >= 0.3 is 0 Å². The predicted octanol–water partition coefficient (Wildman–Crippen LogP) is 13.7. The highest BCUT2D eigenvalue weighted by Crippen LogP contribution is 2.12. The number of allylic oxidation sites excluding steroid dienone is 10. The normalized spacial score (nSPS) is 12.1. The summed E-state index contributed by atoms with van der Waals surface area (Å²) in [5.74, 6) is 0. The van der Waals surface area contributed by atoms with E-state index in [1.165, 1.54) is 135 Å². The van der Waals surface area contributed by atoms with Crippen molar-refractivity contribution in [2.75, 3.05) is 13.2 Å². The van der Waals surface area contributed by atoms with Crippen LogP contribution in [0.4, 0.5) is 0 Å². The maximum atomic E-state index is 8.71. The van der Waals surface area contributed by atoms with Crippen LogP contribution in [0.1, 0.15) is 194 Å². The quantitative estimate of drug-likeness (QED) is 0.0570. The van der Waals surface area contributed by atoms with Crippen molar-refractivity contribution in [2.24, 2.45) is 0 Å². The zero-order chi connectivity index (χ0) is 32.3. The summed E-state index contributed by atoms with van der Waals surface area (Å²) in [5, 5.41) is 17.4. The van der Waals surface area contributed by atoms with Crippen LogP contribution in [0.2, 0.25) is 0 Å². The lowest BCUT2D eigenvalue weighted by Gasteiger charge is -2.01. The third-order valence-electron chi connectivity index (χ3n) is 7.91. The molecule has 0 atom stereocenters. The van der Waals surface area contributed by atoms with Crippen molar-refractivity contribution in [1.29, 1.82) is 0 Å². The van der Waals surface area contributed by atoms with Crippen LogP contribution in [0.3, 0.4) is 0 Å². The van der Waals surface area contributed by atoms with Crippen molar-refractivity contribution in [3.05, 3.63) is 60.8 Å². The highest BCUT2D eigenvalue weighted by molar-refractivity contribution is 4.99. The fourth-order valence-electron chi connectivity index (χ4n) is 5.00. The standard InChI is InChI=1S/C22H44O.C20H34O/c1-2-3-4-5-6-7-8-9-10-11-12-13-14-15-16-17-18-19-20-21-22-23;1-2-3-4-5-6-7-8-9-10-11-12-13-14-15-16-17-18-19-20-21/h9-10,23H,2-8,11-22H2,1H3;6-7,9-10,12-13,15-16,21H,2-5,8,11,14,17-20H2,1H3. The summed E-state index contributed by atoms with van der Waals surface area (Å²) in [7, 11) is 0. The van der Waals surface area contributed by atoms with Crippen molar-refractivity contribution in [3.8, 4) is 0 Å². The van der Waals surface area contributed by atoms with Crippen molar-refractivity contribution in [3.63, 3.8) is 0 Å². The van der Waals surface area contributed by atoms with Gasteiger partial charge in [-0.25, -0.2) is 0 Å². The van der Waals surface area contributed by atoms with Crippen LogP contribution in [0, 0.1) is 0 Å². The van der Waals surface area contributed by atoms with Gasteiger partial charge in [-0.1, -0.05) is 171 Å². The van der Waals surface area contributed by atoms with Gasteiger partial charge in [0, 0.05) is 13.2 Å². The average Bonchev–Trinajstić information content (AvgIpc) is 3.04. The van der Waals surface area contributed by atoms with Crippen molar-refractivity contribution < 1.29 is 10.2 Å². The van der Waals surface area contributed by atoms with Crippen LogP contribution in [0.5, 0.6) is 0 Å². The molecule has 0 bridgehead atoms. The first-order chi connectivity index (χ1) is 21.8. The summed E-state index contributed by atoms with van der Waals surface area (Å²) in [6.07, 6.45) is 58.4. The van der Waals surface area contributed by atoms with Crippen LogP contribution < -0.4 is 0 Å². The Bertz CT molecular complexity index is 598. The summed E-state index contributed by atoms with van der Waals surface area (Å²) >= 11 is 0. The molecule has 0 aromatic rings. The Balaban J connectivity index is 0. The molecule has 0 heterocycles. The third-order valence-corrected chi connectivity index (χ3v) is 7.91. The second-order valence-electron chi connectivity index (χ2n) is 12.4. The summed E-state index contributed by atoms with van der Waals surface area (Å²) in [4.78, 5) is 0. The number of rotatable bonds is 33. The minimum atomic E-state index is 0.313. The average molecular weight is 615 g/mol. The SMILES string of the molecule is CCCCCC=CCC=CCC=CCC=CCCCCO.CCCCCCCCC=CCCCCCCCCCCCCO. The van der Waals surface area contributed by atoms with Gasteiger partial charge in [0.2, 0.25) is 0 Å². The molecule has 0 aromatic carbocycles. The van der Waals surface area contributed by atoms with Crippen LogP contribution in [-0.4, -0.2) is 23.4 Å². The van der Waals surface area contributed by atoms with Gasteiger partial charge in [0.15, 0.2) is 0 Å². The molecule has 0 saturated heterocycles. The van der Waals surface area contributed by atoms with E-state index in [4.69, 9.17) is 10.2 Å². The van der Waals surface area contributed by atoms with E-state index >= 15 is 0 Å². The molecule has 258 valence electrons. The summed E-state index contributed by atoms with van der Waals surface area (Å²) in [6, 6.07) is 0. The van der Waals surface area contributed by atoms with Crippen LogP contribution in [-0.2, 0) is 0 Å². The van der Waals surface area contributed by atoms with Gasteiger partial charge in [0.25, 0.3) is 0 Å². The number of hydrogen-bond acceptors (Lipinski definition) is 2. The largest absolute Gasteiger partial charge is 0.396 e. The van der Waals surface area contributed by atoms with Gasteiger partial charge < -0.3 is 10.2 Å². The zero-order valence-electron chi connectivity index (χ0n) is 29.9. The van der Waals surface area contributed by atoms with Gasteiger partial charge in [0.1, 0.15) is 0 Å². The maximum Gasteiger partial charge on any atom is 0.0431 e. The Morgan fingerprint density at radius 3 is 0.886 bits per heavy atom. The molecule has 44 heavy (non-hydrogen) atoms. The lowest BCUT2D eigenvalue weighted by Crippen LogP contribution is -1.84. The van der Waals surface area contributed by atoms with Gasteiger partial charge in [-0.3, -0.25) is 0 Å². The Hall–Kier alpha value is -1.38. The number of hydrogen-bond donors (Lipinski definition) is 2. The Labute approximate surface area is 277 Å². The smallest absolute Gasteiger partial charge is 0.0431 e. The monoisotopic (exact) mass is 615 g/mol. The topological polar surface area (TPSA) is 40.5 Å². The van der Waals surface area contributed by atoms with Gasteiger partial charge in [-0.05, 0) is 83.5 Å². The molecule has 0 saturated carbocycles. The minimum absolute atomic E-state index is 0.313. The highest BCUT2D eigenvalue weighted by Gasteiger charge is 1.93. The summed E-state index contributed by atoms with van der Waals surface area (Å²) < 4.78 is 0. The molecule has 2 N–H and O–H groups in total. The second-order valence-corrected chi connectivity index (χ2v) is 12.4. The molecular formula is C42H78O2. The lowest BCUT2D eigenvalue weighted by atomic mass is 10.1. The Morgan fingerprint density at radius 1 is 0.273 bits per heavy atom.